The van der Waals surface area contributed by atoms with Crippen LogP contribution in [-0.2, 0) is 11.3 Å². The lowest BCUT2D eigenvalue weighted by atomic mass is 9.95. The molecular weight excluding hydrogens is 409 g/mol. The average molecular weight is 444 g/mol. The van der Waals surface area contributed by atoms with Gasteiger partial charge in [0.15, 0.2) is 5.43 Å². The fourth-order valence-corrected chi connectivity index (χ4v) is 5.25. The van der Waals surface area contributed by atoms with Crippen molar-refractivity contribution in [3.63, 3.8) is 0 Å². The predicted molar refractivity (Wildman–Crippen MR) is 125 cm³/mol. The monoisotopic (exact) mass is 443 g/mol. The molecule has 2 saturated carbocycles. The first kappa shape index (κ1) is 22.8. The second-order valence-electron chi connectivity index (χ2n) is 9.34. The minimum atomic E-state index is -0.936. The first-order valence-corrected chi connectivity index (χ1v) is 12.1. The van der Waals surface area contributed by atoms with Crippen LogP contribution in [0.1, 0.15) is 82.7 Å². The molecule has 1 aromatic heterocycles. The fraction of sp³-hybridized carbons (Fsp3) is 0.600. The van der Waals surface area contributed by atoms with Gasteiger partial charge in [-0.05, 0) is 44.2 Å². The molecule has 2 fully saturated rings. The van der Waals surface area contributed by atoms with Crippen molar-refractivity contribution in [1.82, 2.24) is 9.88 Å². The van der Waals surface area contributed by atoms with Crippen molar-refractivity contribution < 1.29 is 14.3 Å². The second-order valence-corrected chi connectivity index (χ2v) is 9.34. The van der Waals surface area contributed by atoms with Gasteiger partial charge < -0.3 is 20.3 Å². The smallest absolute Gasteiger partial charge is 0.320 e. The molecule has 0 amide bonds. The third-order valence-electron chi connectivity index (χ3n) is 7.12. The van der Waals surface area contributed by atoms with Gasteiger partial charge in [0, 0.05) is 35.8 Å². The Hall–Kier alpha value is -2.41. The lowest BCUT2D eigenvalue weighted by Crippen LogP contribution is -2.37. The Bertz CT molecular complexity index is 1020. The molecule has 1 unspecified atom stereocenters. The number of carbonyl (C=O) groups is 1. The lowest BCUT2D eigenvalue weighted by Gasteiger charge is -2.25. The van der Waals surface area contributed by atoms with Crippen LogP contribution in [0.2, 0.25) is 0 Å². The van der Waals surface area contributed by atoms with E-state index in [0.717, 1.165) is 56.9 Å². The highest BCUT2D eigenvalue weighted by Crippen LogP contribution is 2.34. The number of halogens is 1. The molecular formula is C25H34FN3O3. The summed E-state index contributed by atoms with van der Waals surface area (Å²) in [5.74, 6) is -1.34. The van der Waals surface area contributed by atoms with Crippen LogP contribution in [0.5, 0.6) is 0 Å². The zero-order valence-corrected chi connectivity index (χ0v) is 18.8. The molecule has 2 aliphatic carbocycles. The molecule has 174 valence electrons. The van der Waals surface area contributed by atoms with Gasteiger partial charge in [0.1, 0.15) is 11.9 Å². The van der Waals surface area contributed by atoms with E-state index in [4.69, 9.17) is 0 Å². The van der Waals surface area contributed by atoms with Crippen molar-refractivity contribution in [2.45, 2.75) is 95.8 Å². The van der Waals surface area contributed by atoms with Crippen molar-refractivity contribution in [2.75, 3.05) is 5.32 Å². The molecule has 3 N–H and O–H groups in total. The minimum Gasteiger partial charge on any atom is -0.480 e. The van der Waals surface area contributed by atoms with Crippen LogP contribution < -0.4 is 16.1 Å². The number of aliphatic carboxylic acids is 1. The highest BCUT2D eigenvalue weighted by atomic mass is 19.1. The summed E-state index contributed by atoms with van der Waals surface area (Å²) in [6.45, 7) is 1.94. The molecule has 0 saturated heterocycles. The van der Waals surface area contributed by atoms with Gasteiger partial charge in [0.25, 0.3) is 0 Å². The number of hydrogen-bond acceptors (Lipinski definition) is 4. The van der Waals surface area contributed by atoms with Crippen molar-refractivity contribution in [2.24, 2.45) is 0 Å². The molecule has 4 rings (SSSR count). The van der Waals surface area contributed by atoms with Crippen LogP contribution >= 0.6 is 0 Å². The standard InChI is InChI=1S/C25H34FN3O3/c1-2-21(25(31)32)27-14-16-15-29(18-10-6-7-11-18)23-13-22(20(26)12-19(23)24(16)30)28-17-8-4-3-5-9-17/h12-13,15,17-18,21,27-28H,2-11,14H2,1H3,(H,31,32). The van der Waals surface area contributed by atoms with Crippen LogP contribution in [0.4, 0.5) is 10.1 Å². The van der Waals surface area contributed by atoms with E-state index in [2.05, 4.69) is 15.2 Å². The van der Waals surface area contributed by atoms with Crippen LogP contribution in [0.3, 0.4) is 0 Å². The van der Waals surface area contributed by atoms with Crippen LogP contribution in [-0.4, -0.2) is 27.7 Å². The van der Waals surface area contributed by atoms with E-state index in [9.17, 15) is 14.7 Å². The molecule has 1 atom stereocenters. The van der Waals surface area contributed by atoms with Gasteiger partial charge in [-0.1, -0.05) is 39.0 Å². The van der Waals surface area contributed by atoms with Crippen LogP contribution in [0.15, 0.2) is 23.1 Å². The number of hydrogen-bond donors (Lipinski definition) is 3. The Morgan fingerprint density at radius 2 is 1.84 bits per heavy atom. The second kappa shape index (κ2) is 10.0. The molecule has 2 aromatic rings. The van der Waals surface area contributed by atoms with Gasteiger partial charge in [0.05, 0.1) is 11.2 Å². The van der Waals surface area contributed by atoms with Crippen molar-refractivity contribution in [3.8, 4) is 0 Å². The van der Waals surface area contributed by atoms with Gasteiger partial charge in [-0.3, -0.25) is 9.59 Å². The first-order chi connectivity index (χ1) is 15.5. The number of fused-ring (bicyclic) bond motifs is 1. The van der Waals surface area contributed by atoms with E-state index < -0.39 is 17.8 Å². The number of nitrogens with one attached hydrogen (secondary N) is 2. The van der Waals surface area contributed by atoms with E-state index in [1.807, 2.05) is 12.3 Å². The molecule has 6 nitrogen and oxygen atoms in total. The Morgan fingerprint density at radius 1 is 1.16 bits per heavy atom. The fourth-order valence-electron chi connectivity index (χ4n) is 5.25. The number of anilines is 1. The summed E-state index contributed by atoms with van der Waals surface area (Å²) in [4.78, 5) is 24.6. The number of aromatic nitrogens is 1. The third-order valence-corrected chi connectivity index (χ3v) is 7.12. The van der Waals surface area contributed by atoms with Crippen molar-refractivity contribution in [1.29, 1.82) is 0 Å². The average Bonchev–Trinajstić information content (AvgIpc) is 3.32. The zero-order chi connectivity index (χ0) is 22.7. The van der Waals surface area contributed by atoms with E-state index >= 15 is 4.39 Å². The third kappa shape index (κ3) is 4.82. The van der Waals surface area contributed by atoms with E-state index in [1.54, 1.807) is 6.92 Å². The first-order valence-electron chi connectivity index (χ1n) is 12.1. The van der Waals surface area contributed by atoms with Gasteiger partial charge in [0.2, 0.25) is 0 Å². The van der Waals surface area contributed by atoms with E-state index in [-0.39, 0.29) is 24.1 Å². The molecule has 0 aliphatic heterocycles. The maximum absolute atomic E-state index is 15.1. The summed E-state index contributed by atoms with van der Waals surface area (Å²) in [6, 6.07) is 3.00. The van der Waals surface area contributed by atoms with Gasteiger partial charge in [-0.2, -0.15) is 0 Å². The molecule has 32 heavy (non-hydrogen) atoms. The largest absolute Gasteiger partial charge is 0.480 e. The maximum atomic E-state index is 15.1. The topological polar surface area (TPSA) is 83.4 Å². The quantitative estimate of drug-likeness (QED) is 0.538. The highest BCUT2D eigenvalue weighted by Gasteiger charge is 2.23. The molecule has 1 aromatic carbocycles. The van der Waals surface area contributed by atoms with Crippen molar-refractivity contribution >= 4 is 22.6 Å². The molecule has 7 heteroatoms. The SMILES string of the molecule is CCC(NCc1cn(C2CCCC2)c2cc(NC3CCCCC3)c(F)cc2c1=O)C(=O)O. The maximum Gasteiger partial charge on any atom is 0.320 e. The van der Waals surface area contributed by atoms with Crippen LogP contribution in [0.25, 0.3) is 10.9 Å². The Kier molecular flexibility index (Phi) is 7.13. The van der Waals surface area contributed by atoms with Gasteiger partial charge in [-0.15, -0.1) is 0 Å². The molecule has 0 spiro atoms. The predicted octanol–water partition coefficient (Wildman–Crippen LogP) is 4.95. The summed E-state index contributed by atoms with van der Waals surface area (Å²) in [7, 11) is 0. The summed E-state index contributed by atoms with van der Waals surface area (Å²) in [5, 5.41) is 16.0. The normalized spacial score (nSPS) is 18.8. The molecule has 0 bridgehead atoms. The highest BCUT2D eigenvalue weighted by molar-refractivity contribution is 5.84. The van der Waals surface area contributed by atoms with Gasteiger partial charge in [-0.25, -0.2) is 4.39 Å². The molecule has 0 radical (unpaired) electrons. The summed E-state index contributed by atoms with van der Waals surface area (Å²) < 4.78 is 17.2. The number of rotatable bonds is 8. The Labute approximate surface area is 188 Å². The van der Waals surface area contributed by atoms with Gasteiger partial charge >= 0.3 is 5.97 Å². The summed E-state index contributed by atoms with van der Waals surface area (Å²) in [5.41, 5.74) is 1.48. The summed E-state index contributed by atoms with van der Waals surface area (Å²) >= 11 is 0. The number of carboxylic acids is 1. The number of carboxylic acid groups (broad SMARTS) is 1. The molecule has 2 aliphatic rings. The van der Waals surface area contributed by atoms with E-state index in [1.165, 1.54) is 12.5 Å². The Balaban J connectivity index is 1.73. The number of nitrogens with zero attached hydrogens (tertiary/aromatic N) is 1. The van der Waals surface area contributed by atoms with Crippen molar-refractivity contribution in [3.05, 3.63) is 39.9 Å². The van der Waals surface area contributed by atoms with E-state index in [0.29, 0.717) is 23.1 Å². The lowest BCUT2D eigenvalue weighted by molar-refractivity contribution is -0.139. The number of pyridine rings is 1. The minimum absolute atomic E-state index is 0.149. The number of benzene rings is 1. The zero-order valence-electron chi connectivity index (χ0n) is 18.8. The van der Waals surface area contributed by atoms with Crippen LogP contribution in [0, 0.1) is 5.82 Å². The summed E-state index contributed by atoms with van der Waals surface area (Å²) in [6.07, 6.45) is 12.2. The molecule has 1 heterocycles. The Morgan fingerprint density at radius 3 is 2.50 bits per heavy atom.